The van der Waals surface area contributed by atoms with E-state index in [4.69, 9.17) is 26.8 Å². The Morgan fingerprint density at radius 1 is 1.53 bits per heavy atom. The van der Waals surface area contributed by atoms with Crippen molar-refractivity contribution in [3.8, 4) is 0 Å². The fourth-order valence-corrected chi connectivity index (χ4v) is 1.59. The molecule has 0 saturated carbocycles. The van der Waals surface area contributed by atoms with Gasteiger partial charge >= 0.3 is 0 Å². The minimum atomic E-state index is -0.671. The van der Waals surface area contributed by atoms with Crippen molar-refractivity contribution in [2.24, 2.45) is 5.73 Å². The van der Waals surface area contributed by atoms with Crippen molar-refractivity contribution in [2.45, 2.75) is 12.4 Å². The van der Waals surface area contributed by atoms with Crippen LogP contribution in [-0.2, 0) is 9.47 Å². The third-order valence-electron chi connectivity index (χ3n) is 2.23. The van der Waals surface area contributed by atoms with Gasteiger partial charge in [-0.2, -0.15) is 0 Å². The van der Waals surface area contributed by atoms with Crippen LogP contribution in [0, 0.1) is 5.82 Å². The number of hydrogen-bond acceptors (Lipinski definition) is 3. The number of halogens is 2. The lowest BCUT2D eigenvalue weighted by Crippen LogP contribution is -2.21. The molecule has 2 unspecified atom stereocenters. The van der Waals surface area contributed by atoms with E-state index in [0.29, 0.717) is 23.7 Å². The van der Waals surface area contributed by atoms with Crippen molar-refractivity contribution in [3.05, 3.63) is 34.6 Å². The molecule has 1 aromatic rings. The minimum absolute atomic E-state index is 0.162. The highest BCUT2D eigenvalue weighted by Crippen LogP contribution is 2.29. The van der Waals surface area contributed by atoms with Gasteiger partial charge < -0.3 is 15.2 Å². The number of rotatable bonds is 2. The molecule has 2 N–H and O–H groups in total. The maximum absolute atomic E-state index is 13.5. The van der Waals surface area contributed by atoms with Crippen LogP contribution in [0.4, 0.5) is 4.39 Å². The molecule has 1 aromatic carbocycles. The van der Waals surface area contributed by atoms with Crippen molar-refractivity contribution < 1.29 is 13.9 Å². The third kappa shape index (κ3) is 2.29. The molecule has 1 fully saturated rings. The Morgan fingerprint density at radius 3 is 2.93 bits per heavy atom. The number of ether oxygens (including phenoxy) is 2. The van der Waals surface area contributed by atoms with Crippen molar-refractivity contribution in [1.82, 2.24) is 0 Å². The molecule has 0 radical (unpaired) electrons. The van der Waals surface area contributed by atoms with Crippen molar-refractivity contribution in [1.29, 1.82) is 0 Å². The molecular weight excluding hydrogens is 221 g/mol. The summed E-state index contributed by atoms with van der Waals surface area (Å²) < 4.78 is 24.1. The summed E-state index contributed by atoms with van der Waals surface area (Å²) in [4.78, 5) is 0. The molecule has 2 rings (SSSR count). The first-order chi connectivity index (χ1) is 7.20. The normalized spacial score (nSPS) is 25.8. The molecule has 2 atom stereocenters. The molecular formula is C10H11ClFNO2. The molecule has 1 saturated heterocycles. The summed E-state index contributed by atoms with van der Waals surface area (Å²) in [5.41, 5.74) is 5.77. The summed E-state index contributed by atoms with van der Waals surface area (Å²) in [6, 6.07) is 4.39. The zero-order chi connectivity index (χ0) is 10.8. The van der Waals surface area contributed by atoms with E-state index in [2.05, 4.69) is 0 Å². The van der Waals surface area contributed by atoms with E-state index >= 15 is 0 Å². The van der Waals surface area contributed by atoms with E-state index < -0.39 is 12.1 Å². The SMILES string of the molecule is NCC1COC(c2ccc(Cl)cc2F)O1. The lowest BCUT2D eigenvalue weighted by Gasteiger charge is -2.11. The molecule has 5 heteroatoms. The molecule has 82 valence electrons. The number of benzene rings is 1. The van der Waals surface area contributed by atoms with Crippen molar-refractivity contribution in [2.75, 3.05) is 13.2 Å². The van der Waals surface area contributed by atoms with Crippen LogP contribution in [-0.4, -0.2) is 19.3 Å². The van der Waals surface area contributed by atoms with Gasteiger partial charge in [0.25, 0.3) is 0 Å². The Morgan fingerprint density at radius 2 is 2.33 bits per heavy atom. The minimum Gasteiger partial charge on any atom is -0.346 e. The molecule has 1 aliphatic rings. The van der Waals surface area contributed by atoms with E-state index in [9.17, 15) is 4.39 Å². The van der Waals surface area contributed by atoms with Crippen LogP contribution in [0.15, 0.2) is 18.2 Å². The lowest BCUT2D eigenvalue weighted by molar-refractivity contribution is -0.0607. The Hall–Kier alpha value is -0.680. The highest BCUT2D eigenvalue weighted by molar-refractivity contribution is 6.30. The van der Waals surface area contributed by atoms with Crippen molar-refractivity contribution in [3.63, 3.8) is 0 Å². The van der Waals surface area contributed by atoms with Crippen LogP contribution in [0.5, 0.6) is 0 Å². The molecule has 0 spiro atoms. The Balaban J connectivity index is 2.17. The van der Waals surface area contributed by atoms with E-state index in [1.54, 1.807) is 12.1 Å². The topological polar surface area (TPSA) is 44.5 Å². The van der Waals surface area contributed by atoms with Gasteiger partial charge in [0.1, 0.15) is 5.82 Å². The highest BCUT2D eigenvalue weighted by atomic mass is 35.5. The predicted molar refractivity (Wildman–Crippen MR) is 54.0 cm³/mol. The first kappa shape index (κ1) is 10.8. The highest BCUT2D eigenvalue weighted by Gasteiger charge is 2.28. The van der Waals surface area contributed by atoms with Crippen LogP contribution in [0.3, 0.4) is 0 Å². The second-order valence-corrected chi connectivity index (χ2v) is 3.76. The molecule has 0 bridgehead atoms. The van der Waals surface area contributed by atoms with Gasteiger partial charge in [-0.3, -0.25) is 0 Å². The zero-order valence-corrected chi connectivity index (χ0v) is 8.71. The summed E-state index contributed by atoms with van der Waals surface area (Å²) in [5, 5.41) is 0.352. The standard InChI is InChI=1S/C10H11ClFNO2/c11-6-1-2-8(9(12)3-6)10-14-5-7(4-13)15-10/h1-3,7,10H,4-5,13H2. The zero-order valence-electron chi connectivity index (χ0n) is 7.95. The van der Waals surface area contributed by atoms with E-state index in [0.717, 1.165) is 0 Å². The van der Waals surface area contributed by atoms with Crippen LogP contribution in [0.1, 0.15) is 11.9 Å². The van der Waals surface area contributed by atoms with Crippen LogP contribution in [0.25, 0.3) is 0 Å². The summed E-state index contributed by atoms with van der Waals surface area (Å²) in [5.74, 6) is -0.426. The van der Waals surface area contributed by atoms with Gasteiger partial charge in [-0.1, -0.05) is 11.6 Å². The summed E-state index contributed by atoms with van der Waals surface area (Å²) >= 11 is 5.64. The largest absolute Gasteiger partial charge is 0.346 e. The van der Waals surface area contributed by atoms with Crippen LogP contribution in [0.2, 0.25) is 5.02 Å². The van der Waals surface area contributed by atoms with E-state index in [1.807, 2.05) is 0 Å². The molecule has 0 amide bonds. The second kappa shape index (κ2) is 4.45. The molecule has 1 heterocycles. The van der Waals surface area contributed by atoms with Gasteiger partial charge in [0.2, 0.25) is 0 Å². The second-order valence-electron chi connectivity index (χ2n) is 3.32. The lowest BCUT2D eigenvalue weighted by atomic mass is 10.2. The Labute approximate surface area is 91.9 Å². The number of hydrogen-bond donors (Lipinski definition) is 1. The fraction of sp³-hybridized carbons (Fsp3) is 0.400. The van der Waals surface area contributed by atoms with Crippen LogP contribution < -0.4 is 5.73 Å². The van der Waals surface area contributed by atoms with E-state index in [1.165, 1.54) is 6.07 Å². The smallest absolute Gasteiger partial charge is 0.187 e. The molecule has 3 nitrogen and oxygen atoms in total. The predicted octanol–water partition coefficient (Wildman–Crippen LogP) is 1.85. The quantitative estimate of drug-likeness (QED) is 0.845. The van der Waals surface area contributed by atoms with Gasteiger partial charge in [0.05, 0.1) is 12.7 Å². The van der Waals surface area contributed by atoms with Gasteiger partial charge in [0, 0.05) is 17.1 Å². The molecule has 0 aromatic heterocycles. The third-order valence-corrected chi connectivity index (χ3v) is 2.46. The Kier molecular flexibility index (Phi) is 3.21. The molecule has 0 aliphatic carbocycles. The molecule has 15 heavy (non-hydrogen) atoms. The van der Waals surface area contributed by atoms with Gasteiger partial charge in [-0.05, 0) is 18.2 Å². The summed E-state index contributed by atoms with van der Waals surface area (Å²) in [6.07, 6.45) is -0.833. The van der Waals surface area contributed by atoms with Gasteiger partial charge in [0.15, 0.2) is 6.29 Å². The van der Waals surface area contributed by atoms with E-state index in [-0.39, 0.29) is 6.10 Å². The fourth-order valence-electron chi connectivity index (χ4n) is 1.43. The summed E-state index contributed by atoms with van der Waals surface area (Å²) in [6.45, 7) is 0.759. The monoisotopic (exact) mass is 231 g/mol. The maximum Gasteiger partial charge on any atom is 0.187 e. The maximum atomic E-state index is 13.5. The number of nitrogens with two attached hydrogens (primary N) is 1. The Bertz CT molecular complexity index is 361. The van der Waals surface area contributed by atoms with Gasteiger partial charge in [-0.15, -0.1) is 0 Å². The van der Waals surface area contributed by atoms with Crippen molar-refractivity contribution >= 4 is 11.6 Å². The van der Waals surface area contributed by atoms with Gasteiger partial charge in [-0.25, -0.2) is 4.39 Å². The molecule has 1 aliphatic heterocycles. The summed E-state index contributed by atoms with van der Waals surface area (Å²) in [7, 11) is 0. The first-order valence-corrected chi connectivity index (χ1v) is 5.00. The first-order valence-electron chi connectivity index (χ1n) is 4.63. The van der Waals surface area contributed by atoms with Crippen LogP contribution >= 0.6 is 11.6 Å². The average Bonchev–Trinajstić information content (AvgIpc) is 2.66. The average molecular weight is 232 g/mol.